The molecule has 33 heavy (non-hydrogen) atoms. The summed E-state index contributed by atoms with van der Waals surface area (Å²) in [6, 6.07) is 5.84. The summed E-state index contributed by atoms with van der Waals surface area (Å²) in [6.07, 6.45) is 5.87. The van der Waals surface area contributed by atoms with Crippen LogP contribution in [-0.2, 0) is 30.4 Å². The van der Waals surface area contributed by atoms with Crippen molar-refractivity contribution in [3.8, 4) is 5.75 Å². The van der Waals surface area contributed by atoms with Crippen LogP contribution < -0.4 is 10.1 Å². The fraction of sp³-hybridized carbons (Fsp3) is 0.640. The van der Waals surface area contributed by atoms with Gasteiger partial charge in [0.2, 0.25) is 0 Å². The number of nitrogens with one attached hydrogen (secondary N) is 1. The Bertz CT molecular complexity index is 762. The Morgan fingerprint density at radius 3 is 2.18 bits per heavy atom. The molecule has 1 amide bonds. The summed E-state index contributed by atoms with van der Waals surface area (Å²) < 4.78 is 21.4. The largest absolute Gasteiger partial charge is 0.497 e. The van der Waals surface area contributed by atoms with Crippen LogP contribution in [-0.4, -0.2) is 42.9 Å². The second-order valence-corrected chi connectivity index (χ2v) is 9.32. The number of hydrogen-bond donors (Lipinski definition) is 1. The van der Waals surface area contributed by atoms with Crippen molar-refractivity contribution in [2.45, 2.75) is 96.5 Å². The summed E-state index contributed by atoms with van der Waals surface area (Å²) in [5.74, 6) is -0.583. The van der Waals surface area contributed by atoms with Crippen molar-refractivity contribution in [2.24, 2.45) is 0 Å². The summed E-state index contributed by atoms with van der Waals surface area (Å²) in [5, 5.41) is 2.46. The van der Waals surface area contributed by atoms with Gasteiger partial charge >= 0.3 is 18.0 Å². The van der Waals surface area contributed by atoms with E-state index in [2.05, 4.69) is 5.32 Å². The Morgan fingerprint density at radius 1 is 1.00 bits per heavy atom. The number of esters is 2. The van der Waals surface area contributed by atoms with Crippen LogP contribution in [0.4, 0.5) is 4.79 Å². The second kappa shape index (κ2) is 13.1. The number of alkyl carbamates (subject to hydrolysis) is 1. The Kier molecular flexibility index (Phi) is 10.5. The van der Waals surface area contributed by atoms with E-state index in [4.69, 9.17) is 18.9 Å². The molecule has 0 saturated heterocycles. The van der Waals surface area contributed by atoms with Gasteiger partial charge in [-0.1, -0.05) is 31.4 Å². The van der Waals surface area contributed by atoms with Crippen LogP contribution in [0.25, 0.3) is 0 Å². The third-order valence-corrected chi connectivity index (χ3v) is 5.24. The minimum atomic E-state index is -1.21. The lowest BCUT2D eigenvalue weighted by Gasteiger charge is -2.24. The Balaban J connectivity index is 1.98. The zero-order valence-electron chi connectivity index (χ0n) is 20.2. The number of amides is 1. The van der Waals surface area contributed by atoms with Gasteiger partial charge in [0, 0.05) is 0 Å². The first-order valence-electron chi connectivity index (χ1n) is 11.6. The molecular formula is C25H37NO7. The van der Waals surface area contributed by atoms with E-state index in [0.717, 1.165) is 44.1 Å². The number of ether oxygens (including phenoxy) is 4. The number of carbonyl (C=O) groups excluding carboxylic acids is 3. The predicted molar refractivity (Wildman–Crippen MR) is 123 cm³/mol. The topological polar surface area (TPSA) is 100 Å². The highest BCUT2D eigenvalue weighted by atomic mass is 16.6. The third kappa shape index (κ3) is 10.6. The highest BCUT2D eigenvalue weighted by Crippen LogP contribution is 2.20. The molecule has 0 aliphatic heterocycles. The molecule has 0 unspecified atom stereocenters. The van der Waals surface area contributed by atoms with Crippen molar-refractivity contribution in [3.05, 3.63) is 29.8 Å². The summed E-state index contributed by atoms with van der Waals surface area (Å²) in [7, 11) is 1.57. The van der Waals surface area contributed by atoms with Gasteiger partial charge in [0.15, 0.2) is 0 Å². The highest BCUT2D eigenvalue weighted by Gasteiger charge is 2.29. The molecule has 8 heteroatoms. The van der Waals surface area contributed by atoms with Crippen LogP contribution in [0.3, 0.4) is 0 Å². The molecule has 1 aliphatic rings. The van der Waals surface area contributed by atoms with Crippen molar-refractivity contribution in [2.75, 3.05) is 7.11 Å². The molecule has 0 aromatic heterocycles. The quantitative estimate of drug-likeness (QED) is 0.441. The molecule has 0 spiro atoms. The predicted octanol–water partition coefficient (Wildman–Crippen LogP) is 4.68. The molecule has 0 heterocycles. The van der Waals surface area contributed by atoms with Crippen LogP contribution in [0.2, 0.25) is 0 Å². The Hall–Kier alpha value is -2.77. The van der Waals surface area contributed by atoms with E-state index in [1.54, 1.807) is 52.1 Å². The molecule has 1 aromatic carbocycles. The number of hydrogen-bond acceptors (Lipinski definition) is 7. The lowest BCUT2D eigenvalue weighted by atomic mass is 9.98. The molecule has 2 rings (SSSR count). The number of carbonyl (C=O) groups is 3. The average molecular weight is 464 g/mol. The number of methoxy groups -OCH3 is 1. The van der Waals surface area contributed by atoms with Crippen molar-refractivity contribution in [1.82, 2.24) is 5.32 Å². The molecule has 184 valence electrons. The lowest BCUT2D eigenvalue weighted by molar-refractivity contribution is -0.156. The molecule has 1 atom stereocenters. The second-order valence-electron chi connectivity index (χ2n) is 9.32. The molecule has 1 N–H and O–H groups in total. The standard InChI is InChI=1S/C25H37NO7/c1-25(2,3)33-24(29)26-21(16-22(27)32-20-10-8-6-5-7-9-11-20)23(28)31-17-18-12-14-19(30-4)15-13-18/h12-15,20-21H,5-11,16-17H2,1-4H3,(H,26,29)/t21-/m0/s1. The summed E-state index contributed by atoms with van der Waals surface area (Å²) in [6.45, 7) is 5.14. The van der Waals surface area contributed by atoms with E-state index >= 15 is 0 Å². The van der Waals surface area contributed by atoms with Crippen LogP contribution >= 0.6 is 0 Å². The van der Waals surface area contributed by atoms with Gasteiger partial charge in [0.05, 0.1) is 13.5 Å². The SMILES string of the molecule is COc1ccc(COC(=O)[C@H](CC(=O)OC2CCCCCCC2)NC(=O)OC(C)(C)C)cc1. The molecule has 0 radical (unpaired) electrons. The van der Waals surface area contributed by atoms with Crippen LogP contribution in [0.5, 0.6) is 5.75 Å². The van der Waals surface area contributed by atoms with Gasteiger partial charge in [-0.25, -0.2) is 9.59 Å². The van der Waals surface area contributed by atoms with E-state index < -0.39 is 29.7 Å². The molecule has 1 saturated carbocycles. The van der Waals surface area contributed by atoms with Crippen molar-refractivity contribution < 1.29 is 33.3 Å². The first kappa shape index (κ1) is 26.5. The maximum absolute atomic E-state index is 12.7. The van der Waals surface area contributed by atoms with Crippen molar-refractivity contribution >= 4 is 18.0 Å². The summed E-state index contributed by atoms with van der Waals surface area (Å²) in [5.41, 5.74) is -0.00154. The van der Waals surface area contributed by atoms with Crippen LogP contribution in [0.15, 0.2) is 24.3 Å². The van der Waals surface area contributed by atoms with Crippen molar-refractivity contribution in [1.29, 1.82) is 0 Å². The smallest absolute Gasteiger partial charge is 0.408 e. The summed E-state index contributed by atoms with van der Waals surface area (Å²) in [4.78, 5) is 37.6. The van der Waals surface area contributed by atoms with E-state index in [1.807, 2.05) is 0 Å². The minimum Gasteiger partial charge on any atom is -0.497 e. The van der Waals surface area contributed by atoms with Gasteiger partial charge in [-0.3, -0.25) is 4.79 Å². The molecular weight excluding hydrogens is 426 g/mol. The van der Waals surface area contributed by atoms with Gasteiger partial charge in [-0.15, -0.1) is 0 Å². The van der Waals surface area contributed by atoms with E-state index in [-0.39, 0.29) is 19.1 Å². The van der Waals surface area contributed by atoms with Gasteiger partial charge in [0.25, 0.3) is 0 Å². The molecule has 1 fully saturated rings. The van der Waals surface area contributed by atoms with Crippen LogP contribution in [0.1, 0.15) is 77.7 Å². The number of rotatable bonds is 8. The van der Waals surface area contributed by atoms with Gasteiger partial charge in [-0.2, -0.15) is 0 Å². The summed E-state index contributed by atoms with van der Waals surface area (Å²) >= 11 is 0. The molecule has 1 aliphatic carbocycles. The normalized spacial score (nSPS) is 16.0. The molecule has 1 aromatic rings. The molecule has 0 bridgehead atoms. The maximum atomic E-state index is 12.7. The average Bonchev–Trinajstić information content (AvgIpc) is 2.72. The zero-order chi connectivity index (χ0) is 24.3. The van der Waals surface area contributed by atoms with Crippen molar-refractivity contribution in [3.63, 3.8) is 0 Å². The van der Waals surface area contributed by atoms with Gasteiger partial charge in [-0.05, 0) is 64.2 Å². The number of benzene rings is 1. The Morgan fingerprint density at radius 2 is 1.61 bits per heavy atom. The van der Waals surface area contributed by atoms with Crippen LogP contribution in [0, 0.1) is 0 Å². The fourth-order valence-electron chi connectivity index (χ4n) is 3.56. The minimum absolute atomic E-state index is 0.00695. The lowest BCUT2D eigenvalue weighted by Crippen LogP contribution is -2.45. The first-order valence-corrected chi connectivity index (χ1v) is 11.6. The third-order valence-electron chi connectivity index (χ3n) is 5.24. The first-order chi connectivity index (χ1) is 15.7. The zero-order valence-corrected chi connectivity index (χ0v) is 20.2. The van der Waals surface area contributed by atoms with E-state index in [1.165, 1.54) is 6.42 Å². The van der Waals surface area contributed by atoms with Gasteiger partial charge < -0.3 is 24.3 Å². The van der Waals surface area contributed by atoms with Gasteiger partial charge in [0.1, 0.15) is 30.1 Å². The van der Waals surface area contributed by atoms with E-state index in [9.17, 15) is 14.4 Å². The molecule has 8 nitrogen and oxygen atoms in total. The maximum Gasteiger partial charge on any atom is 0.408 e. The fourth-order valence-corrected chi connectivity index (χ4v) is 3.56. The highest BCUT2D eigenvalue weighted by molar-refractivity contribution is 5.86. The monoisotopic (exact) mass is 463 g/mol. The van der Waals surface area contributed by atoms with E-state index in [0.29, 0.717) is 5.75 Å². The Labute approximate surface area is 196 Å².